The first kappa shape index (κ1) is 26.0. The Morgan fingerprint density at radius 1 is 1.24 bits per heavy atom. The number of piperidine rings is 1. The predicted molar refractivity (Wildman–Crippen MR) is 148 cm³/mol. The lowest BCUT2D eigenvalue weighted by Gasteiger charge is -2.33. The van der Waals surface area contributed by atoms with Crippen LogP contribution in [0.2, 0.25) is 5.02 Å². The van der Waals surface area contributed by atoms with E-state index in [1.807, 2.05) is 26.8 Å². The van der Waals surface area contributed by atoms with Crippen molar-refractivity contribution in [1.29, 1.82) is 0 Å². The molecule has 198 valence electrons. The van der Waals surface area contributed by atoms with Crippen LogP contribution in [0.4, 0.5) is 15.0 Å². The van der Waals surface area contributed by atoms with Gasteiger partial charge in [-0.05, 0) is 63.9 Å². The van der Waals surface area contributed by atoms with Crippen LogP contribution in [0.25, 0.3) is 22.3 Å². The molecule has 0 saturated carbocycles. The summed E-state index contributed by atoms with van der Waals surface area (Å²) in [6.07, 6.45) is 3.29. The minimum atomic E-state index is -0.533. The maximum atomic E-state index is 14.1. The third-order valence-electron chi connectivity index (χ3n) is 6.58. The van der Waals surface area contributed by atoms with E-state index in [-0.39, 0.29) is 17.8 Å². The van der Waals surface area contributed by atoms with E-state index in [0.717, 1.165) is 35.1 Å². The van der Waals surface area contributed by atoms with Crippen molar-refractivity contribution in [3.63, 3.8) is 0 Å². The van der Waals surface area contributed by atoms with Gasteiger partial charge in [0.05, 0.1) is 10.7 Å². The fourth-order valence-corrected chi connectivity index (χ4v) is 4.96. The molecule has 0 aliphatic carbocycles. The number of anilines is 1. The average Bonchev–Trinajstić information content (AvgIpc) is 3.33. The monoisotopic (exact) mass is 535 g/mol. The van der Waals surface area contributed by atoms with Gasteiger partial charge in [0.25, 0.3) is 0 Å². The smallest absolute Gasteiger partial charge is 0.410 e. The number of fused-ring (bicyclic) bond motifs is 1. The van der Waals surface area contributed by atoms with Gasteiger partial charge in [-0.1, -0.05) is 29.8 Å². The third kappa shape index (κ3) is 5.75. The van der Waals surface area contributed by atoms with Gasteiger partial charge in [-0.3, -0.25) is 0 Å². The molecule has 4 aromatic rings. The summed E-state index contributed by atoms with van der Waals surface area (Å²) in [6.45, 7) is 7.19. The van der Waals surface area contributed by atoms with E-state index in [0.29, 0.717) is 41.7 Å². The number of nitrogens with one attached hydrogen (secondary N) is 2. The molecule has 1 aliphatic rings. The Bertz CT molecular complexity index is 1470. The summed E-state index contributed by atoms with van der Waals surface area (Å²) in [7, 11) is 0. The number of pyridine rings is 2. The molecule has 1 saturated heterocycles. The first-order chi connectivity index (χ1) is 18.2. The Morgan fingerprint density at radius 3 is 2.84 bits per heavy atom. The SMILES string of the molecule is CC(C)(C)OC(=O)N1CCCC(c2cc3c(-c4nc(NCc5ccccc5F)ccc4Cl)ccnc3[nH]2)C1. The lowest BCUT2D eigenvalue weighted by Crippen LogP contribution is -2.42. The number of hydrogen-bond acceptors (Lipinski definition) is 5. The number of hydrogen-bond donors (Lipinski definition) is 2. The van der Waals surface area contributed by atoms with Crippen molar-refractivity contribution < 1.29 is 13.9 Å². The fourth-order valence-electron chi connectivity index (χ4n) is 4.75. The van der Waals surface area contributed by atoms with Gasteiger partial charge >= 0.3 is 6.09 Å². The minimum Gasteiger partial charge on any atom is -0.444 e. The zero-order valence-electron chi connectivity index (χ0n) is 21.7. The highest BCUT2D eigenvalue weighted by atomic mass is 35.5. The van der Waals surface area contributed by atoms with Crippen LogP contribution in [0.5, 0.6) is 0 Å². The Hall–Kier alpha value is -3.65. The van der Waals surface area contributed by atoms with Gasteiger partial charge in [0.15, 0.2) is 0 Å². The number of halogens is 2. The quantitative estimate of drug-likeness (QED) is 0.283. The molecule has 1 unspecified atom stereocenters. The second kappa shape index (κ2) is 10.6. The van der Waals surface area contributed by atoms with Crippen molar-refractivity contribution in [2.24, 2.45) is 0 Å². The summed E-state index contributed by atoms with van der Waals surface area (Å²) in [5.41, 5.74) is 3.22. The van der Waals surface area contributed by atoms with Gasteiger partial charge in [-0.15, -0.1) is 0 Å². The molecule has 1 fully saturated rings. The lowest BCUT2D eigenvalue weighted by atomic mass is 9.94. The number of benzene rings is 1. The molecule has 0 bridgehead atoms. The second-order valence-corrected chi connectivity index (χ2v) is 11.0. The standard InChI is InChI=1S/C29H31ClFN5O2/c1-29(2,3)38-28(37)36-14-6-8-19(17-36)24-15-21-20(12-13-32-27(21)34-24)26-22(30)10-11-25(35-26)33-16-18-7-4-5-9-23(18)31/h4-5,7,9-13,15,19H,6,8,14,16-17H2,1-3H3,(H,32,34)(H,33,35). The van der Waals surface area contributed by atoms with E-state index >= 15 is 0 Å². The van der Waals surface area contributed by atoms with E-state index in [2.05, 4.69) is 21.4 Å². The zero-order chi connectivity index (χ0) is 26.9. The number of carbonyl (C=O) groups is 1. The van der Waals surface area contributed by atoms with Gasteiger partial charge < -0.3 is 19.9 Å². The van der Waals surface area contributed by atoms with Crippen LogP contribution in [0.15, 0.2) is 54.7 Å². The molecule has 1 amide bonds. The van der Waals surface area contributed by atoms with Crippen LogP contribution in [-0.2, 0) is 11.3 Å². The van der Waals surface area contributed by atoms with E-state index in [9.17, 15) is 9.18 Å². The number of aromatic nitrogens is 3. The average molecular weight is 536 g/mol. The highest BCUT2D eigenvalue weighted by Gasteiger charge is 2.29. The third-order valence-corrected chi connectivity index (χ3v) is 6.89. The number of aromatic amines is 1. The van der Waals surface area contributed by atoms with Crippen molar-refractivity contribution in [2.45, 2.75) is 51.7 Å². The van der Waals surface area contributed by atoms with Crippen molar-refractivity contribution in [3.8, 4) is 11.3 Å². The maximum absolute atomic E-state index is 14.1. The molecule has 9 heteroatoms. The Kier molecular flexibility index (Phi) is 7.25. The fraction of sp³-hybridized carbons (Fsp3) is 0.345. The van der Waals surface area contributed by atoms with Gasteiger partial charge in [0.2, 0.25) is 0 Å². The first-order valence-electron chi connectivity index (χ1n) is 12.8. The van der Waals surface area contributed by atoms with E-state index in [4.69, 9.17) is 21.3 Å². The Morgan fingerprint density at radius 2 is 2.05 bits per heavy atom. The zero-order valence-corrected chi connectivity index (χ0v) is 22.5. The summed E-state index contributed by atoms with van der Waals surface area (Å²) in [6, 6.07) is 14.2. The first-order valence-corrected chi connectivity index (χ1v) is 13.2. The van der Waals surface area contributed by atoms with Crippen molar-refractivity contribution in [3.05, 3.63) is 76.8 Å². The number of amides is 1. The molecule has 2 N–H and O–H groups in total. The van der Waals surface area contributed by atoms with Crippen LogP contribution < -0.4 is 5.32 Å². The maximum Gasteiger partial charge on any atom is 0.410 e. The summed E-state index contributed by atoms with van der Waals surface area (Å²) in [5.74, 6) is 0.460. The Labute approximate surface area is 226 Å². The van der Waals surface area contributed by atoms with Crippen LogP contribution in [-0.4, -0.2) is 44.6 Å². The van der Waals surface area contributed by atoms with E-state index < -0.39 is 5.60 Å². The molecular weight excluding hydrogens is 505 g/mol. The summed E-state index contributed by atoms with van der Waals surface area (Å²) >= 11 is 6.60. The molecule has 7 nitrogen and oxygen atoms in total. The van der Waals surface area contributed by atoms with Crippen molar-refractivity contribution >= 4 is 34.5 Å². The second-order valence-electron chi connectivity index (χ2n) is 10.6. The van der Waals surface area contributed by atoms with Crippen molar-refractivity contribution in [2.75, 3.05) is 18.4 Å². The minimum absolute atomic E-state index is 0.135. The van der Waals surface area contributed by atoms with Gasteiger partial charge in [0.1, 0.15) is 22.9 Å². The molecule has 0 radical (unpaired) electrons. The summed E-state index contributed by atoms with van der Waals surface area (Å²) in [4.78, 5) is 27.2. The van der Waals surface area contributed by atoms with Crippen LogP contribution in [0.1, 0.15) is 50.8 Å². The molecule has 1 aliphatic heterocycles. The highest BCUT2D eigenvalue weighted by molar-refractivity contribution is 6.33. The van der Waals surface area contributed by atoms with Crippen molar-refractivity contribution in [1.82, 2.24) is 19.9 Å². The highest BCUT2D eigenvalue weighted by Crippen LogP contribution is 2.35. The van der Waals surface area contributed by atoms with Gasteiger partial charge in [-0.2, -0.15) is 0 Å². The summed E-state index contributed by atoms with van der Waals surface area (Å²) in [5, 5.41) is 4.60. The normalized spacial score (nSPS) is 16.0. The number of rotatable bonds is 5. The molecule has 0 spiro atoms. The largest absolute Gasteiger partial charge is 0.444 e. The topological polar surface area (TPSA) is 83.1 Å². The lowest BCUT2D eigenvalue weighted by molar-refractivity contribution is 0.0197. The number of carbonyl (C=O) groups excluding carboxylic acids is 1. The number of ether oxygens (including phenoxy) is 1. The molecule has 1 atom stereocenters. The van der Waals surface area contributed by atoms with Gasteiger partial charge in [-0.25, -0.2) is 19.2 Å². The van der Waals surface area contributed by atoms with Crippen LogP contribution >= 0.6 is 11.6 Å². The molecule has 3 aromatic heterocycles. The summed E-state index contributed by atoms with van der Waals surface area (Å²) < 4.78 is 19.6. The molecular formula is C29H31ClFN5O2. The van der Waals surface area contributed by atoms with Crippen LogP contribution in [0, 0.1) is 5.82 Å². The van der Waals surface area contributed by atoms with E-state index in [1.165, 1.54) is 6.07 Å². The molecule has 1 aromatic carbocycles. The molecule has 38 heavy (non-hydrogen) atoms. The van der Waals surface area contributed by atoms with Gasteiger partial charge in [0, 0.05) is 54.0 Å². The van der Waals surface area contributed by atoms with Crippen LogP contribution in [0.3, 0.4) is 0 Å². The molecule has 5 rings (SSSR count). The Balaban J connectivity index is 1.40. The predicted octanol–water partition coefficient (Wildman–Crippen LogP) is 7.14. The molecule has 4 heterocycles. The van der Waals surface area contributed by atoms with E-state index in [1.54, 1.807) is 41.4 Å². The number of nitrogens with zero attached hydrogens (tertiary/aromatic N) is 3. The number of H-pyrrole nitrogens is 1. The number of likely N-dealkylation sites (tertiary alicyclic amines) is 1.